The Labute approximate surface area is 234 Å². The Kier molecular flexibility index (Phi) is 7.54. The van der Waals surface area contributed by atoms with E-state index >= 15 is 0 Å². The lowest BCUT2D eigenvalue weighted by Gasteiger charge is -2.57. The van der Waals surface area contributed by atoms with E-state index in [1.165, 1.54) is 0 Å². The number of rotatable bonds is 8. The molecule has 0 unspecified atom stereocenters. The zero-order chi connectivity index (χ0) is 28.7. The zero-order valence-electron chi connectivity index (χ0n) is 23.2. The van der Waals surface area contributed by atoms with Crippen LogP contribution in [0.3, 0.4) is 0 Å². The van der Waals surface area contributed by atoms with Gasteiger partial charge in [-0.25, -0.2) is 0 Å². The molecular formula is C31H38N2O7. The SMILES string of the molecule is C[C@]12CCC(=O)C=C1CC[C@@H]1[C@H]2C(=O)C[C@@]2(C)[C@H]1CC[C@]2(O)C(=O)COC(=O)CCC(=O)NCc1ccncc1. The molecule has 6 atom stereocenters. The fraction of sp³-hybridized carbons (Fsp3) is 0.613. The molecule has 9 nitrogen and oxygen atoms in total. The lowest BCUT2D eigenvalue weighted by molar-refractivity contribution is -0.173. The van der Waals surface area contributed by atoms with E-state index in [0.29, 0.717) is 25.8 Å². The third-order valence-corrected chi connectivity index (χ3v) is 10.4. The Morgan fingerprint density at radius 3 is 2.58 bits per heavy atom. The van der Waals surface area contributed by atoms with Crippen LogP contribution in [0, 0.1) is 28.6 Å². The first-order valence-electron chi connectivity index (χ1n) is 14.3. The number of hydrogen-bond acceptors (Lipinski definition) is 8. The van der Waals surface area contributed by atoms with Gasteiger partial charge in [0, 0.05) is 49.5 Å². The van der Waals surface area contributed by atoms with Gasteiger partial charge in [-0.3, -0.25) is 29.0 Å². The second-order valence-electron chi connectivity index (χ2n) is 12.5. The summed E-state index contributed by atoms with van der Waals surface area (Å²) < 4.78 is 5.19. The first kappa shape index (κ1) is 28.3. The standard InChI is InChI=1S/C31H38N2O7/c1-29-11-7-21(34)15-20(29)3-4-22-23-8-12-31(39,30(23,2)16-24(35)28(22)29)25(36)18-40-27(38)6-5-26(37)33-17-19-9-13-32-14-10-19/h9-10,13-15,22-23,28,39H,3-8,11-12,16-18H2,1-2H3,(H,33,37)/t22-,23-,28-,29-,30-,31-/m0/s1. The molecule has 0 radical (unpaired) electrons. The molecule has 1 amide bonds. The second kappa shape index (κ2) is 10.7. The number of nitrogens with zero attached hydrogens (tertiary/aromatic N) is 1. The van der Waals surface area contributed by atoms with Crippen molar-refractivity contribution in [3.63, 3.8) is 0 Å². The first-order valence-corrected chi connectivity index (χ1v) is 14.3. The number of carbonyl (C=O) groups is 5. The smallest absolute Gasteiger partial charge is 0.306 e. The average Bonchev–Trinajstić information content (AvgIpc) is 3.20. The Bertz CT molecular complexity index is 1260. The zero-order valence-corrected chi connectivity index (χ0v) is 23.2. The van der Waals surface area contributed by atoms with Crippen LogP contribution in [0.4, 0.5) is 0 Å². The van der Waals surface area contributed by atoms with Crippen molar-refractivity contribution in [3.8, 4) is 0 Å². The van der Waals surface area contributed by atoms with Crippen molar-refractivity contribution < 1.29 is 33.8 Å². The van der Waals surface area contributed by atoms with Gasteiger partial charge < -0.3 is 15.2 Å². The van der Waals surface area contributed by atoms with Crippen molar-refractivity contribution in [1.29, 1.82) is 0 Å². The van der Waals surface area contributed by atoms with Crippen molar-refractivity contribution in [3.05, 3.63) is 41.7 Å². The molecule has 1 aromatic rings. The van der Waals surface area contributed by atoms with Crippen LogP contribution in [0.5, 0.6) is 0 Å². The minimum Gasteiger partial charge on any atom is -0.458 e. The van der Waals surface area contributed by atoms with E-state index in [-0.39, 0.29) is 66.3 Å². The lowest BCUT2D eigenvalue weighted by atomic mass is 9.46. The van der Waals surface area contributed by atoms with E-state index in [0.717, 1.165) is 24.0 Å². The first-order chi connectivity index (χ1) is 19.0. The third kappa shape index (κ3) is 4.82. The molecule has 3 fully saturated rings. The molecule has 0 saturated heterocycles. The number of nitrogens with one attached hydrogen (secondary N) is 1. The molecule has 1 heterocycles. The van der Waals surface area contributed by atoms with Gasteiger partial charge in [-0.2, -0.15) is 0 Å². The van der Waals surface area contributed by atoms with Crippen molar-refractivity contribution in [2.45, 2.75) is 83.8 Å². The van der Waals surface area contributed by atoms with Gasteiger partial charge in [0.2, 0.25) is 11.7 Å². The molecule has 4 aliphatic rings. The number of fused-ring (bicyclic) bond motifs is 5. The number of esters is 1. The van der Waals surface area contributed by atoms with E-state index in [1.54, 1.807) is 30.6 Å². The van der Waals surface area contributed by atoms with Crippen molar-refractivity contribution in [1.82, 2.24) is 10.3 Å². The molecule has 2 N–H and O–H groups in total. The molecule has 9 heteroatoms. The molecule has 5 rings (SSSR count). The summed E-state index contributed by atoms with van der Waals surface area (Å²) in [5.74, 6) is -1.61. The fourth-order valence-electron chi connectivity index (χ4n) is 8.19. The number of allylic oxidation sites excluding steroid dienone is 1. The Hall–Kier alpha value is -3.20. The van der Waals surface area contributed by atoms with Gasteiger partial charge in [-0.1, -0.05) is 19.4 Å². The monoisotopic (exact) mass is 550 g/mol. The van der Waals surface area contributed by atoms with Crippen LogP contribution in [-0.2, 0) is 35.3 Å². The molecule has 4 aliphatic carbocycles. The predicted octanol–water partition coefficient (Wildman–Crippen LogP) is 3.03. The summed E-state index contributed by atoms with van der Waals surface area (Å²) in [5.41, 5.74) is -1.10. The Balaban J connectivity index is 1.18. The molecule has 0 aliphatic heterocycles. The molecule has 0 bridgehead atoms. The summed E-state index contributed by atoms with van der Waals surface area (Å²) in [6.45, 7) is 3.67. The van der Waals surface area contributed by atoms with Crippen LogP contribution >= 0.6 is 0 Å². The van der Waals surface area contributed by atoms with Crippen LogP contribution in [0.1, 0.15) is 77.2 Å². The molecule has 0 aromatic carbocycles. The van der Waals surface area contributed by atoms with Gasteiger partial charge in [0.25, 0.3) is 0 Å². The number of ether oxygens (including phenoxy) is 1. The quantitative estimate of drug-likeness (QED) is 0.471. The maximum Gasteiger partial charge on any atom is 0.306 e. The summed E-state index contributed by atoms with van der Waals surface area (Å²) >= 11 is 0. The van der Waals surface area contributed by atoms with Crippen LogP contribution in [0.15, 0.2) is 36.2 Å². The van der Waals surface area contributed by atoms with Gasteiger partial charge in [-0.15, -0.1) is 0 Å². The molecule has 1 aromatic heterocycles. The second-order valence-corrected chi connectivity index (χ2v) is 12.5. The van der Waals surface area contributed by atoms with E-state index in [1.807, 2.05) is 6.92 Å². The van der Waals surface area contributed by atoms with E-state index < -0.39 is 29.4 Å². The minimum absolute atomic E-state index is 0.0139. The lowest BCUT2D eigenvalue weighted by Crippen LogP contribution is -2.61. The van der Waals surface area contributed by atoms with Gasteiger partial charge in [-0.05, 0) is 73.1 Å². The highest BCUT2D eigenvalue weighted by Gasteiger charge is 2.68. The molecule has 0 spiro atoms. The van der Waals surface area contributed by atoms with Crippen LogP contribution in [-0.4, -0.2) is 51.5 Å². The maximum atomic E-state index is 13.7. The van der Waals surface area contributed by atoms with Gasteiger partial charge >= 0.3 is 5.97 Å². The van der Waals surface area contributed by atoms with Gasteiger partial charge in [0.1, 0.15) is 11.4 Å². The normalized spacial score (nSPS) is 34.7. The largest absolute Gasteiger partial charge is 0.458 e. The van der Waals surface area contributed by atoms with Crippen molar-refractivity contribution >= 4 is 29.2 Å². The highest BCUT2D eigenvalue weighted by molar-refractivity contribution is 5.95. The maximum absolute atomic E-state index is 13.7. The number of ketones is 3. The fourth-order valence-corrected chi connectivity index (χ4v) is 8.19. The molecule has 40 heavy (non-hydrogen) atoms. The number of carbonyl (C=O) groups excluding carboxylic acids is 5. The highest BCUT2D eigenvalue weighted by Crippen LogP contribution is 2.66. The number of aromatic nitrogens is 1. The average molecular weight is 551 g/mol. The van der Waals surface area contributed by atoms with Crippen LogP contribution in [0.25, 0.3) is 0 Å². The summed E-state index contributed by atoms with van der Waals surface area (Å²) in [4.78, 5) is 67.5. The van der Waals surface area contributed by atoms with Gasteiger partial charge in [0.15, 0.2) is 12.4 Å². The number of aliphatic hydroxyl groups is 1. The topological polar surface area (TPSA) is 140 Å². The van der Waals surface area contributed by atoms with Crippen molar-refractivity contribution in [2.24, 2.45) is 28.6 Å². The summed E-state index contributed by atoms with van der Waals surface area (Å²) in [6.07, 6.45) is 8.26. The Morgan fingerprint density at radius 2 is 1.82 bits per heavy atom. The van der Waals surface area contributed by atoms with E-state index in [9.17, 15) is 29.1 Å². The highest BCUT2D eigenvalue weighted by atomic mass is 16.5. The summed E-state index contributed by atoms with van der Waals surface area (Å²) in [5, 5.41) is 14.5. The van der Waals surface area contributed by atoms with Gasteiger partial charge in [0.05, 0.1) is 6.42 Å². The Morgan fingerprint density at radius 1 is 1.07 bits per heavy atom. The number of amides is 1. The molecular weight excluding hydrogens is 512 g/mol. The molecule has 214 valence electrons. The van der Waals surface area contributed by atoms with Crippen molar-refractivity contribution in [2.75, 3.05) is 6.61 Å². The van der Waals surface area contributed by atoms with E-state index in [4.69, 9.17) is 4.74 Å². The predicted molar refractivity (Wildman–Crippen MR) is 143 cm³/mol. The minimum atomic E-state index is -1.76. The summed E-state index contributed by atoms with van der Waals surface area (Å²) in [6, 6.07) is 3.56. The summed E-state index contributed by atoms with van der Waals surface area (Å²) in [7, 11) is 0. The van der Waals surface area contributed by atoms with E-state index in [2.05, 4.69) is 17.2 Å². The van der Waals surface area contributed by atoms with Crippen LogP contribution < -0.4 is 5.32 Å². The third-order valence-electron chi connectivity index (χ3n) is 10.4. The number of Topliss-reactive ketones (excluding diaryl/α,β-unsaturated/α-hetero) is 2. The van der Waals surface area contributed by atoms with Crippen LogP contribution in [0.2, 0.25) is 0 Å². The number of hydrogen-bond donors (Lipinski definition) is 2. The molecule has 3 saturated carbocycles. The number of pyridine rings is 1.